The largest absolute Gasteiger partial charge is 0.455 e. The summed E-state index contributed by atoms with van der Waals surface area (Å²) in [4.78, 5) is 2.33. The van der Waals surface area contributed by atoms with Crippen LogP contribution in [-0.2, 0) is 0 Å². The van der Waals surface area contributed by atoms with Gasteiger partial charge < -0.3 is 9.32 Å². The molecule has 234 valence electrons. The molecule has 0 spiro atoms. The van der Waals surface area contributed by atoms with Crippen LogP contribution in [0.25, 0.3) is 76.5 Å². The lowest BCUT2D eigenvalue weighted by atomic mass is 9.89. The smallest absolute Gasteiger partial charge is 0.143 e. The zero-order valence-corrected chi connectivity index (χ0v) is 27.3. The fraction of sp³-hybridized carbons (Fsp3) is 0. The number of hydrogen-bond acceptors (Lipinski definition) is 2. The first-order chi connectivity index (χ1) is 24.8. The van der Waals surface area contributed by atoms with Crippen LogP contribution in [0.2, 0.25) is 0 Å². The molecule has 0 aliphatic heterocycles. The Bertz CT molecular complexity index is 2850. The van der Waals surface area contributed by atoms with Crippen LogP contribution in [-0.4, -0.2) is 0 Å². The Morgan fingerprint density at radius 1 is 0.340 bits per heavy atom. The molecule has 0 amide bonds. The van der Waals surface area contributed by atoms with Crippen molar-refractivity contribution in [2.45, 2.75) is 0 Å². The normalized spacial score (nSPS) is 11.6. The minimum atomic E-state index is 0.873. The van der Waals surface area contributed by atoms with E-state index in [2.05, 4.69) is 193 Å². The molecule has 0 N–H and O–H groups in total. The molecule has 10 aromatic rings. The Balaban J connectivity index is 1.21. The zero-order chi connectivity index (χ0) is 33.0. The van der Waals surface area contributed by atoms with E-state index < -0.39 is 0 Å². The average molecular weight is 638 g/mol. The minimum absolute atomic E-state index is 0.873. The summed E-state index contributed by atoms with van der Waals surface area (Å²) < 4.78 is 6.90. The molecule has 50 heavy (non-hydrogen) atoms. The summed E-state index contributed by atoms with van der Waals surface area (Å²) in [6, 6.07) is 67.3. The van der Waals surface area contributed by atoms with E-state index >= 15 is 0 Å². The van der Waals surface area contributed by atoms with E-state index in [1.54, 1.807) is 0 Å². The molecule has 0 bridgehead atoms. The van der Waals surface area contributed by atoms with Gasteiger partial charge >= 0.3 is 0 Å². The highest BCUT2D eigenvalue weighted by molar-refractivity contribution is 6.23. The fourth-order valence-electron chi connectivity index (χ4n) is 7.69. The van der Waals surface area contributed by atoms with Crippen molar-refractivity contribution in [2.24, 2.45) is 0 Å². The molecule has 0 saturated heterocycles. The summed E-state index contributed by atoms with van der Waals surface area (Å²) in [5.41, 5.74) is 9.77. The molecule has 1 heterocycles. The van der Waals surface area contributed by atoms with Gasteiger partial charge in [-0.25, -0.2) is 0 Å². The van der Waals surface area contributed by atoms with Crippen molar-refractivity contribution in [1.82, 2.24) is 0 Å². The van der Waals surface area contributed by atoms with Gasteiger partial charge in [0.25, 0.3) is 0 Å². The molecule has 0 atom stereocenters. The van der Waals surface area contributed by atoms with E-state index in [-0.39, 0.29) is 0 Å². The number of para-hydroxylation sites is 1. The maximum atomic E-state index is 6.90. The molecule has 10 rings (SSSR count). The lowest BCUT2D eigenvalue weighted by Crippen LogP contribution is -2.09. The first-order valence-electron chi connectivity index (χ1n) is 17.1. The van der Waals surface area contributed by atoms with Gasteiger partial charge in [-0.2, -0.15) is 0 Å². The number of benzene rings is 9. The van der Waals surface area contributed by atoms with Crippen LogP contribution in [0, 0.1) is 0 Å². The fourth-order valence-corrected chi connectivity index (χ4v) is 7.69. The van der Waals surface area contributed by atoms with Gasteiger partial charge in [0.1, 0.15) is 11.2 Å². The Labute approximate surface area is 290 Å². The lowest BCUT2D eigenvalue weighted by molar-refractivity contribution is 0.670. The summed E-state index contributed by atoms with van der Waals surface area (Å²) in [7, 11) is 0. The van der Waals surface area contributed by atoms with Crippen molar-refractivity contribution < 1.29 is 4.42 Å². The van der Waals surface area contributed by atoms with Crippen LogP contribution in [0.1, 0.15) is 0 Å². The van der Waals surface area contributed by atoms with Gasteiger partial charge in [-0.3, -0.25) is 0 Å². The summed E-state index contributed by atoms with van der Waals surface area (Å²) >= 11 is 0. The predicted octanol–water partition coefficient (Wildman–Crippen LogP) is 13.8. The number of hydrogen-bond donors (Lipinski definition) is 0. The highest BCUT2D eigenvalue weighted by atomic mass is 16.3. The number of fused-ring (bicyclic) bond motifs is 7. The van der Waals surface area contributed by atoms with Crippen LogP contribution in [0.5, 0.6) is 0 Å². The molecule has 0 aliphatic carbocycles. The summed E-state index contributed by atoms with van der Waals surface area (Å²) in [5.74, 6) is 0. The van der Waals surface area contributed by atoms with Crippen molar-refractivity contribution in [3.05, 3.63) is 188 Å². The van der Waals surface area contributed by atoms with E-state index in [4.69, 9.17) is 4.42 Å². The standard InChI is InChI=1S/C48H31NO/c1-3-13-32(14-4-1)33-23-25-37(26-24-33)49(36-17-5-2-6-18-36)38-27-28-46-43(31-38)45-30-35-16-8-10-20-40(35)47(48(45)50-46)44-29-34-15-7-9-19-39(34)41-21-11-12-22-42(41)44/h1-31H. The molecular weight excluding hydrogens is 607 g/mol. The van der Waals surface area contributed by atoms with Crippen molar-refractivity contribution >= 4 is 71.3 Å². The Morgan fingerprint density at radius 3 is 1.66 bits per heavy atom. The molecule has 9 aromatic carbocycles. The van der Waals surface area contributed by atoms with Crippen LogP contribution >= 0.6 is 0 Å². The summed E-state index contributed by atoms with van der Waals surface area (Å²) in [6.07, 6.45) is 0. The van der Waals surface area contributed by atoms with E-state index in [0.717, 1.165) is 44.6 Å². The van der Waals surface area contributed by atoms with E-state index in [1.165, 1.54) is 49.0 Å². The molecule has 0 radical (unpaired) electrons. The van der Waals surface area contributed by atoms with Crippen LogP contribution in [0.3, 0.4) is 0 Å². The molecule has 0 fully saturated rings. The molecule has 0 aliphatic rings. The van der Waals surface area contributed by atoms with Crippen molar-refractivity contribution in [1.29, 1.82) is 0 Å². The number of nitrogens with zero attached hydrogens (tertiary/aromatic N) is 1. The van der Waals surface area contributed by atoms with Crippen molar-refractivity contribution in [3.8, 4) is 22.3 Å². The van der Waals surface area contributed by atoms with Crippen molar-refractivity contribution in [3.63, 3.8) is 0 Å². The molecule has 1 aromatic heterocycles. The molecular formula is C48H31NO. The van der Waals surface area contributed by atoms with Gasteiger partial charge in [-0.15, -0.1) is 0 Å². The highest BCUT2D eigenvalue weighted by Gasteiger charge is 2.21. The van der Waals surface area contributed by atoms with E-state index in [0.29, 0.717) is 0 Å². The van der Waals surface area contributed by atoms with Crippen LogP contribution in [0.15, 0.2) is 192 Å². The van der Waals surface area contributed by atoms with E-state index in [9.17, 15) is 0 Å². The molecule has 0 unspecified atom stereocenters. The molecule has 2 nitrogen and oxygen atoms in total. The van der Waals surface area contributed by atoms with Gasteiger partial charge in [0.05, 0.1) is 0 Å². The topological polar surface area (TPSA) is 16.4 Å². The maximum absolute atomic E-state index is 6.90. The number of rotatable bonds is 5. The maximum Gasteiger partial charge on any atom is 0.143 e. The number of furan rings is 1. The third kappa shape index (κ3) is 4.57. The van der Waals surface area contributed by atoms with Crippen LogP contribution < -0.4 is 4.90 Å². The second kappa shape index (κ2) is 11.5. The first kappa shape index (κ1) is 28.4. The van der Waals surface area contributed by atoms with Gasteiger partial charge in [0, 0.05) is 33.4 Å². The predicted molar refractivity (Wildman–Crippen MR) is 212 cm³/mol. The Kier molecular flexibility index (Phi) is 6.53. The van der Waals surface area contributed by atoms with Gasteiger partial charge in [0.2, 0.25) is 0 Å². The molecule has 0 saturated carbocycles. The lowest BCUT2D eigenvalue weighted by Gasteiger charge is -2.25. The summed E-state index contributed by atoms with van der Waals surface area (Å²) in [5, 5.41) is 9.53. The first-order valence-corrected chi connectivity index (χ1v) is 17.1. The monoisotopic (exact) mass is 637 g/mol. The quantitative estimate of drug-likeness (QED) is 0.175. The highest BCUT2D eigenvalue weighted by Crippen LogP contribution is 2.46. The third-order valence-electron chi connectivity index (χ3n) is 10.0. The Hall–Kier alpha value is -6.64. The van der Waals surface area contributed by atoms with Crippen LogP contribution in [0.4, 0.5) is 17.1 Å². The van der Waals surface area contributed by atoms with Gasteiger partial charge in [-0.05, 0) is 104 Å². The van der Waals surface area contributed by atoms with E-state index in [1.807, 2.05) is 0 Å². The van der Waals surface area contributed by atoms with Crippen molar-refractivity contribution in [2.75, 3.05) is 4.90 Å². The minimum Gasteiger partial charge on any atom is -0.455 e. The summed E-state index contributed by atoms with van der Waals surface area (Å²) in [6.45, 7) is 0. The second-order valence-electron chi connectivity index (χ2n) is 12.9. The van der Waals surface area contributed by atoms with Gasteiger partial charge in [-0.1, -0.05) is 133 Å². The zero-order valence-electron chi connectivity index (χ0n) is 27.3. The second-order valence-corrected chi connectivity index (χ2v) is 12.9. The third-order valence-corrected chi connectivity index (χ3v) is 10.0. The SMILES string of the molecule is c1ccc(-c2ccc(N(c3ccccc3)c3ccc4oc5c(-c6cc7ccccc7c7ccccc67)c6ccccc6cc5c4c3)cc2)cc1. The molecule has 2 heteroatoms. The van der Waals surface area contributed by atoms with Gasteiger partial charge in [0.15, 0.2) is 0 Å². The Morgan fingerprint density at radius 2 is 0.900 bits per heavy atom. The number of anilines is 3. The average Bonchev–Trinajstić information content (AvgIpc) is 3.55.